The van der Waals surface area contributed by atoms with E-state index in [1.807, 2.05) is 7.05 Å². The van der Waals surface area contributed by atoms with Crippen LogP contribution >= 0.6 is 0 Å². The zero-order valence-electron chi connectivity index (χ0n) is 10.8. The van der Waals surface area contributed by atoms with Gasteiger partial charge in [-0.05, 0) is 13.5 Å². The molecule has 1 aromatic rings. The van der Waals surface area contributed by atoms with Gasteiger partial charge in [0.05, 0.1) is 0 Å². The molecular weight excluding hydrogens is 257 g/mol. The van der Waals surface area contributed by atoms with E-state index in [9.17, 15) is 13.2 Å². The molecule has 1 aliphatic heterocycles. The molecule has 19 heavy (non-hydrogen) atoms. The van der Waals surface area contributed by atoms with Crippen molar-refractivity contribution in [3.63, 3.8) is 0 Å². The first-order chi connectivity index (χ1) is 8.94. The van der Waals surface area contributed by atoms with Crippen LogP contribution in [0.2, 0.25) is 0 Å². The van der Waals surface area contributed by atoms with E-state index in [1.165, 1.54) is 6.33 Å². The molecule has 1 aromatic heterocycles. The van der Waals surface area contributed by atoms with E-state index in [2.05, 4.69) is 19.8 Å². The first-order valence-corrected chi connectivity index (χ1v) is 6.25. The number of nitrogens with zero attached hydrogens (tertiary/aromatic N) is 4. The number of piperazine rings is 1. The fourth-order valence-corrected chi connectivity index (χ4v) is 2.00. The molecule has 0 amide bonds. The van der Waals surface area contributed by atoms with Gasteiger partial charge in [-0.15, -0.1) is 0 Å². The highest BCUT2D eigenvalue weighted by Gasteiger charge is 2.27. The predicted octanol–water partition coefficient (Wildman–Crippen LogP) is 1.72. The minimum absolute atomic E-state index is 0.0905. The van der Waals surface area contributed by atoms with Gasteiger partial charge in [0.15, 0.2) is 0 Å². The van der Waals surface area contributed by atoms with Crippen molar-refractivity contribution in [1.82, 2.24) is 14.9 Å². The zero-order valence-corrected chi connectivity index (χ0v) is 10.8. The monoisotopic (exact) mass is 274 g/mol. The van der Waals surface area contributed by atoms with Crippen LogP contribution in [0.5, 0.6) is 0 Å². The number of alkyl halides is 3. The molecule has 2 heterocycles. The topological polar surface area (TPSA) is 32.3 Å². The number of hydrogen-bond donors (Lipinski definition) is 0. The van der Waals surface area contributed by atoms with Gasteiger partial charge in [-0.3, -0.25) is 0 Å². The molecule has 0 radical (unpaired) electrons. The number of aromatic nitrogens is 2. The maximum Gasteiger partial charge on any atom is 0.389 e. The third kappa shape index (κ3) is 4.34. The van der Waals surface area contributed by atoms with Crippen molar-refractivity contribution in [2.45, 2.75) is 19.0 Å². The van der Waals surface area contributed by atoms with E-state index in [0.717, 1.165) is 32.0 Å². The van der Waals surface area contributed by atoms with Gasteiger partial charge in [0.1, 0.15) is 12.1 Å². The predicted molar refractivity (Wildman–Crippen MR) is 66.1 cm³/mol. The summed E-state index contributed by atoms with van der Waals surface area (Å²) < 4.78 is 36.5. The summed E-state index contributed by atoms with van der Waals surface area (Å²) in [6.07, 6.45) is -3.72. The van der Waals surface area contributed by atoms with Gasteiger partial charge in [0, 0.05) is 44.4 Å². The normalized spacial score (nSPS) is 17.8. The second-order valence-corrected chi connectivity index (χ2v) is 4.77. The molecule has 0 N–H and O–H groups in total. The average Bonchev–Trinajstić information content (AvgIpc) is 2.37. The van der Waals surface area contributed by atoms with Crippen LogP contribution in [0.4, 0.5) is 19.0 Å². The first kappa shape index (κ1) is 14.0. The Kier molecular flexibility index (Phi) is 4.24. The number of rotatable bonds is 3. The van der Waals surface area contributed by atoms with Crippen LogP contribution in [-0.4, -0.2) is 54.3 Å². The molecule has 0 bridgehead atoms. The van der Waals surface area contributed by atoms with E-state index in [-0.39, 0.29) is 6.42 Å². The molecule has 0 spiro atoms. The van der Waals surface area contributed by atoms with E-state index in [0.29, 0.717) is 5.69 Å². The standard InChI is InChI=1S/C12H17F3N4/c1-18-4-6-19(7-5-18)11-8-10(16-9-17-11)2-3-12(13,14)15/h8-9H,2-7H2,1H3. The Balaban J connectivity index is 1.99. The zero-order chi connectivity index (χ0) is 13.9. The summed E-state index contributed by atoms with van der Waals surface area (Å²) >= 11 is 0. The van der Waals surface area contributed by atoms with E-state index >= 15 is 0 Å². The summed E-state index contributed by atoms with van der Waals surface area (Å²) in [6.45, 7) is 3.54. The van der Waals surface area contributed by atoms with Crippen LogP contribution in [0.15, 0.2) is 12.4 Å². The number of anilines is 1. The summed E-state index contributed by atoms with van der Waals surface area (Å²) in [5.74, 6) is 0.722. The fourth-order valence-electron chi connectivity index (χ4n) is 2.00. The first-order valence-electron chi connectivity index (χ1n) is 6.25. The molecule has 1 aliphatic rings. The molecule has 0 aromatic carbocycles. The molecule has 0 atom stereocenters. The Hall–Kier alpha value is -1.37. The minimum atomic E-state index is -4.14. The maximum absolute atomic E-state index is 12.2. The SMILES string of the molecule is CN1CCN(c2cc(CCC(F)(F)F)ncn2)CC1. The van der Waals surface area contributed by atoms with Crippen LogP contribution in [-0.2, 0) is 6.42 Å². The Morgan fingerprint density at radius 2 is 1.84 bits per heavy atom. The number of likely N-dealkylation sites (N-methyl/N-ethyl adjacent to an activating group) is 1. The van der Waals surface area contributed by atoms with Gasteiger partial charge in [0.2, 0.25) is 0 Å². The second kappa shape index (κ2) is 5.73. The lowest BCUT2D eigenvalue weighted by molar-refractivity contribution is -0.134. The Labute approximate surface area is 110 Å². The van der Waals surface area contributed by atoms with Crippen molar-refractivity contribution in [3.05, 3.63) is 18.1 Å². The minimum Gasteiger partial charge on any atom is -0.354 e. The number of halogens is 3. The maximum atomic E-state index is 12.2. The number of hydrogen-bond acceptors (Lipinski definition) is 4. The Morgan fingerprint density at radius 3 is 2.47 bits per heavy atom. The van der Waals surface area contributed by atoms with Gasteiger partial charge in [-0.2, -0.15) is 13.2 Å². The average molecular weight is 274 g/mol. The van der Waals surface area contributed by atoms with Crippen molar-refractivity contribution < 1.29 is 13.2 Å². The van der Waals surface area contributed by atoms with Crippen molar-refractivity contribution in [2.75, 3.05) is 38.1 Å². The van der Waals surface area contributed by atoms with Gasteiger partial charge < -0.3 is 9.80 Å². The molecule has 106 valence electrons. The smallest absolute Gasteiger partial charge is 0.354 e. The lowest BCUT2D eigenvalue weighted by Crippen LogP contribution is -2.44. The summed E-state index contributed by atoms with van der Waals surface area (Å²) in [4.78, 5) is 12.3. The van der Waals surface area contributed by atoms with Crippen molar-refractivity contribution in [2.24, 2.45) is 0 Å². The number of aryl methyl sites for hydroxylation is 1. The molecule has 7 heteroatoms. The highest BCUT2D eigenvalue weighted by atomic mass is 19.4. The largest absolute Gasteiger partial charge is 0.389 e. The second-order valence-electron chi connectivity index (χ2n) is 4.77. The lowest BCUT2D eigenvalue weighted by atomic mass is 10.2. The van der Waals surface area contributed by atoms with Crippen LogP contribution in [0.1, 0.15) is 12.1 Å². The van der Waals surface area contributed by atoms with Crippen LogP contribution in [0.3, 0.4) is 0 Å². The quantitative estimate of drug-likeness (QED) is 0.840. The molecule has 0 unspecified atom stereocenters. The molecule has 0 saturated carbocycles. The third-order valence-electron chi connectivity index (χ3n) is 3.20. The molecule has 2 rings (SSSR count). The van der Waals surface area contributed by atoms with Crippen molar-refractivity contribution in [1.29, 1.82) is 0 Å². The van der Waals surface area contributed by atoms with Gasteiger partial charge >= 0.3 is 6.18 Å². The summed E-state index contributed by atoms with van der Waals surface area (Å²) in [6, 6.07) is 1.66. The Bertz CT molecular complexity index is 414. The molecule has 1 fully saturated rings. The van der Waals surface area contributed by atoms with Gasteiger partial charge in [-0.1, -0.05) is 0 Å². The van der Waals surface area contributed by atoms with Gasteiger partial charge in [0.25, 0.3) is 0 Å². The van der Waals surface area contributed by atoms with E-state index in [1.54, 1.807) is 6.07 Å². The molecule has 4 nitrogen and oxygen atoms in total. The summed E-state index contributed by atoms with van der Waals surface area (Å²) in [7, 11) is 2.05. The van der Waals surface area contributed by atoms with E-state index < -0.39 is 12.6 Å². The van der Waals surface area contributed by atoms with Crippen molar-refractivity contribution in [3.8, 4) is 0 Å². The highest BCUT2D eigenvalue weighted by Crippen LogP contribution is 2.22. The Morgan fingerprint density at radius 1 is 1.16 bits per heavy atom. The van der Waals surface area contributed by atoms with Crippen LogP contribution < -0.4 is 4.90 Å². The summed E-state index contributed by atoms with van der Waals surface area (Å²) in [5.41, 5.74) is 0.446. The highest BCUT2D eigenvalue weighted by molar-refractivity contribution is 5.39. The fraction of sp³-hybridized carbons (Fsp3) is 0.667. The summed E-state index contributed by atoms with van der Waals surface area (Å²) in [5, 5.41) is 0. The lowest BCUT2D eigenvalue weighted by Gasteiger charge is -2.33. The van der Waals surface area contributed by atoms with Crippen molar-refractivity contribution >= 4 is 5.82 Å². The van der Waals surface area contributed by atoms with Gasteiger partial charge in [-0.25, -0.2) is 9.97 Å². The van der Waals surface area contributed by atoms with Crippen LogP contribution in [0, 0.1) is 0 Å². The molecule has 0 aliphatic carbocycles. The third-order valence-corrected chi connectivity index (χ3v) is 3.20. The molecule has 1 saturated heterocycles. The van der Waals surface area contributed by atoms with Crippen LogP contribution in [0.25, 0.3) is 0 Å². The van der Waals surface area contributed by atoms with E-state index in [4.69, 9.17) is 0 Å². The molecular formula is C12H17F3N4.